The Balaban J connectivity index is 0.000000302. The maximum absolute atomic E-state index is 10.1. The number of hydrazine groups is 1. The topological polar surface area (TPSA) is 101 Å². The number of carbonyl (C=O) groups is 1. The van der Waals surface area contributed by atoms with Gasteiger partial charge < -0.3 is 16.3 Å². The molecule has 1 atom stereocenters. The van der Waals surface area contributed by atoms with Gasteiger partial charge in [0.25, 0.3) is 0 Å². The van der Waals surface area contributed by atoms with Gasteiger partial charge in [0.1, 0.15) is 6.04 Å². The van der Waals surface area contributed by atoms with Crippen molar-refractivity contribution in [3.8, 4) is 0 Å². The predicted octanol–water partition coefficient (Wildman–Crippen LogP) is 1.56. The molecule has 1 aromatic rings. The standard InChI is InChI=1S/C6H8N2.C6H13NO2/c7-8-6-4-2-1-3-5-6;1-2-3-4-5(7)6(8)9/h1-5,8H,7H2;5H,2-4,7H2,1H3,(H,8,9). The summed E-state index contributed by atoms with van der Waals surface area (Å²) in [5, 5.41) is 8.28. The van der Waals surface area contributed by atoms with Gasteiger partial charge in [0, 0.05) is 5.69 Å². The normalized spacial score (nSPS) is 11.0. The number of carboxylic acids is 1. The molecule has 5 nitrogen and oxygen atoms in total. The largest absolute Gasteiger partial charge is 0.480 e. The highest BCUT2D eigenvalue weighted by Gasteiger charge is 2.08. The highest BCUT2D eigenvalue weighted by Crippen LogP contribution is 2.00. The lowest BCUT2D eigenvalue weighted by Gasteiger charge is -2.02. The number of hydrogen-bond acceptors (Lipinski definition) is 4. The molecule has 0 saturated carbocycles. The van der Waals surface area contributed by atoms with Crippen molar-refractivity contribution in [1.82, 2.24) is 0 Å². The van der Waals surface area contributed by atoms with Gasteiger partial charge >= 0.3 is 5.97 Å². The lowest BCUT2D eigenvalue weighted by molar-refractivity contribution is -0.138. The summed E-state index contributed by atoms with van der Waals surface area (Å²) in [6.45, 7) is 2.01. The van der Waals surface area contributed by atoms with Crippen molar-refractivity contribution in [2.75, 3.05) is 5.43 Å². The number of nitrogens with two attached hydrogens (primary N) is 2. The Labute approximate surface area is 102 Å². The summed E-state index contributed by atoms with van der Waals surface area (Å²) in [4.78, 5) is 10.1. The van der Waals surface area contributed by atoms with Gasteiger partial charge in [0.05, 0.1) is 0 Å². The predicted molar refractivity (Wildman–Crippen MR) is 69.4 cm³/mol. The van der Waals surface area contributed by atoms with E-state index in [2.05, 4.69) is 5.43 Å². The smallest absolute Gasteiger partial charge is 0.320 e. The molecule has 0 fully saturated rings. The lowest BCUT2D eigenvalue weighted by atomic mass is 10.1. The zero-order valence-electron chi connectivity index (χ0n) is 10.1. The molecule has 0 aliphatic rings. The van der Waals surface area contributed by atoms with Crippen LogP contribution < -0.4 is 17.0 Å². The van der Waals surface area contributed by atoms with E-state index in [9.17, 15) is 4.79 Å². The minimum atomic E-state index is -0.900. The van der Waals surface area contributed by atoms with Crippen molar-refractivity contribution >= 4 is 11.7 Å². The zero-order valence-corrected chi connectivity index (χ0v) is 10.1. The highest BCUT2D eigenvalue weighted by atomic mass is 16.4. The third-order valence-electron chi connectivity index (χ3n) is 2.13. The van der Waals surface area contributed by atoms with E-state index in [1.54, 1.807) is 0 Å². The van der Waals surface area contributed by atoms with E-state index < -0.39 is 12.0 Å². The fraction of sp³-hybridized carbons (Fsp3) is 0.417. The molecular weight excluding hydrogens is 218 g/mol. The second-order valence-corrected chi connectivity index (χ2v) is 3.60. The zero-order chi connectivity index (χ0) is 13.1. The van der Waals surface area contributed by atoms with Gasteiger partial charge in [0.15, 0.2) is 0 Å². The second kappa shape index (κ2) is 9.62. The first-order valence-corrected chi connectivity index (χ1v) is 5.61. The van der Waals surface area contributed by atoms with Crippen LogP contribution in [0.4, 0.5) is 5.69 Å². The number of hydrogen-bond donors (Lipinski definition) is 4. The Morgan fingerprint density at radius 1 is 1.41 bits per heavy atom. The van der Waals surface area contributed by atoms with Gasteiger partial charge in [-0.15, -0.1) is 0 Å². The number of nitrogens with one attached hydrogen (secondary N) is 1. The summed E-state index contributed by atoms with van der Waals surface area (Å²) in [6, 6.07) is 8.94. The molecule has 6 N–H and O–H groups in total. The van der Waals surface area contributed by atoms with Crippen LogP contribution in [0.1, 0.15) is 26.2 Å². The van der Waals surface area contributed by atoms with Crippen molar-refractivity contribution in [3.05, 3.63) is 30.3 Å². The molecule has 5 heteroatoms. The number of carboxylic acid groups (broad SMARTS) is 1. The van der Waals surface area contributed by atoms with Gasteiger partial charge in [-0.25, -0.2) is 0 Å². The van der Waals surface area contributed by atoms with E-state index in [0.717, 1.165) is 18.5 Å². The van der Waals surface area contributed by atoms with E-state index in [1.165, 1.54) is 0 Å². The third-order valence-corrected chi connectivity index (χ3v) is 2.13. The average molecular weight is 239 g/mol. The first kappa shape index (κ1) is 15.4. The van der Waals surface area contributed by atoms with E-state index in [4.69, 9.17) is 16.7 Å². The van der Waals surface area contributed by atoms with Crippen LogP contribution in [0.3, 0.4) is 0 Å². The molecule has 0 aliphatic heterocycles. The monoisotopic (exact) mass is 239 g/mol. The van der Waals surface area contributed by atoms with Crippen LogP contribution >= 0.6 is 0 Å². The minimum Gasteiger partial charge on any atom is -0.480 e. The molecule has 17 heavy (non-hydrogen) atoms. The summed E-state index contributed by atoms with van der Waals surface area (Å²) >= 11 is 0. The average Bonchev–Trinajstić information content (AvgIpc) is 2.37. The molecule has 1 aromatic carbocycles. The number of benzene rings is 1. The van der Waals surface area contributed by atoms with Crippen molar-refractivity contribution in [2.45, 2.75) is 32.2 Å². The second-order valence-electron chi connectivity index (χ2n) is 3.60. The van der Waals surface area contributed by atoms with E-state index in [0.29, 0.717) is 6.42 Å². The Morgan fingerprint density at radius 3 is 2.35 bits per heavy atom. The first-order chi connectivity index (χ1) is 8.11. The Hall–Kier alpha value is -1.59. The molecule has 0 amide bonds. The SMILES string of the molecule is CCCCC(N)C(=O)O.NNc1ccccc1. The molecule has 0 spiro atoms. The van der Waals surface area contributed by atoms with Crippen molar-refractivity contribution < 1.29 is 9.90 Å². The van der Waals surface area contributed by atoms with Crippen LogP contribution in [0.2, 0.25) is 0 Å². The number of unbranched alkanes of at least 4 members (excludes halogenated alkanes) is 1. The molecule has 1 unspecified atom stereocenters. The molecule has 0 aliphatic carbocycles. The van der Waals surface area contributed by atoms with Gasteiger partial charge in [-0.3, -0.25) is 10.6 Å². The molecule has 0 heterocycles. The van der Waals surface area contributed by atoms with E-state index >= 15 is 0 Å². The quantitative estimate of drug-likeness (QED) is 0.461. The minimum absolute atomic E-state index is 0.589. The van der Waals surface area contributed by atoms with Crippen LogP contribution in [0.15, 0.2) is 30.3 Å². The van der Waals surface area contributed by atoms with E-state index in [-0.39, 0.29) is 0 Å². The van der Waals surface area contributed by atoms with Crippen LogP contribution in [-0.4, -0.2) is 17.1 Å². The molecule has 0 bridgehead atoms. The summed E-state index contributed by atoms with van der Waals surface area (Å²) < 4.78 is 0. The third kappa shape index (κ3) is 8.24. The van der Waals surface area contributed by atoms with Crippen LogP contribution in [0.5, 0.6) is 0 Å². The maximum atomic E-state index is 10.1. The molecule has 1 rings (SSSR count). The van der Waals surface area contributed by atoms with Crippen LogP contribution in [0, 0.1) is 0 Å². The molecule has 96 valence electrons. The van der Waals surface area contributed by atoms with Gasteiger partial charge in [0.2, 0.25) is 0 Å². The van der Waals surface area contributed by atoms with Crippen molar-refractivity contribution in [2.24, 2.45) is 11.6 Å². The Bertz CT molecular complexity index is 304. The summed E-state index contributed by atoms with van der Waals surface area (Å²) in [7, 11) is 0. The summed E-state index contributed by atoms with van der Waals surface area (Å²) in [6.07, 6.45) is 2.49. The van der Waals surface area contributed by atoms with Gasteiger partial charge in [-0.1, -0.05) is 38.0 Å². The molecule has 0 radical (unpaired) electrons. The van der Waals surface area contributed by atoms with E-state index in [1.807, 2.05) is 37.3 Å². The number of anilines is 1. The number of rotatable bonds is 5. The molecular formula is C12H21N3O2. The number of aliphatic carboxylic acids is 1. The molecule has 0 saturated heterocycles. The van der Waals surface area contributed by atoms with Gasteiger partial charge in [-0.05, 0) is 18.6 Å². The van der Waals surface area contributed by atoms with Crippen LogP contribution in [0.25, 0.3) is 0 Å². The number of para-hydroxylation sites is 1. The lowest BCUT2D eigenvalue weighted by Crippen LogP contribution is -2.29. The van der Waals surface area contributed by atoms with Gasteiger partial charge in [-0.2, -0.15) is 0 Å². The summed E-state index contributed by atoms with van der Waals surface area (Å²) in [5.74, 6) is 4.20. The highest BCUT2D eigenvalue weighted by molar-refractivity contribution is 5.72. The first-order valence-electron chi connectivity index (χ1n) is 5.61. The maximum Gasteiger partial charge on any atom is 0.320 e. The van der Waals surface area contributed by atoms with Crippen molar-refractivity contribution in [1.29, 1.82) is 0 Å². The molecule has 0 aromatic heterocycles. The van der Waals surface area contributed by atoms with Crippen molar-refractivity contribution in [3.63, 3.8) is 0 Å². The number of nitrogen functional groups attached to an aromatic ring is 1. The fourth-order valence-corrected chi connectivity index (χ4v) is 1.08. The Kier molecular flexibility index (Phi) is 8.72. The van der Waals surface area contributed by atoms with Crippen LogP contribution in [-0.2, 0) is 4.79 Å². The Morgan fingerprint density at radius 2 is 2.00 bits per heavy atom. The fourth-order valence-electron chi connectivity index (χ4n) is 1.08. The summed E-state index contributed by atoms with van der Waals surface area (Å²) in [5.41, 5.74) is 8.67.